The number of ether oxygens (including phenoxy) is 2. The molecule has 0 heterocycles. The van der Waals surface area contributed by atoms with Gasteiger partial charge in [-0.25, -0.2) is 0 Å². The van der Waals surface area contributed by atoms with Gasteiger partial charge in [0.15, 0.2) is 11.5 Å². The molecule has 0 aliphatic rings. The van der Waals surface area contributed by atoms with Gasteiger partial charge in [0.05, 0.1) is 6.61 Å². The topological polar surface area (TPSA) is 30.5 Å². The summed E-state index contributed by atoms with van der Waals surface area (Å²) in [6, 6.07) is 14.3. The molecule has 1 N–H and O–H groups in total. The Morgan fingerprint density at radius 1 is 0.960 bits per heavy atom. The monoisotopic (exact) mass is 383 g/mol. The third kappa shape index (κ3) is 7.15. The fraction of sp³-hybridized carbons (Fsp3) is 0.400. The molecule has 0 fully saturated rings. The van der Waals surface area contributed by atoms with E-state index in [2.05, 4.69) is 31.3 Å². The van der Waals surface area contributed by atoms with Gasteiger partial charge in [0.2, 0.25) is 0 Å². The summed E-state index contributed by atoms with van der Waals surface area (Å²) in [4.78, 5) is 0. The molecule has 2 aromatic carbocycles. The van der Waals surface area contributed by atoms with Gasteiger partial charge in [-0.15, -0.1) is 12.4 Å². The lowest BCUT2D eigenvalue weighted by Gasteiger charge is -2.15. The Kier molecular flexibility index (Phi) is 9.73. The molecule has 0 aromatic heterocycles. The predicted octanol–water partition coefficient (Wildman–Crippen LogP) is 5.63. The van der Waals surface area contributed by atoms with Crippen molar-refractivity contribution in [3.63, 3.8) is 0 Å². The van der Waals surface area contributed by atoms with E-state index in [1.807, 2.05) is 37.3 Å². The summed E-state index contributed by atoms with van der Waals surface area (Å²) in [5.74, 6) is 1.55. The minimum absolute atomic E-state index is 0. The van der Waals surface area contributed by atoms with Crippen molar-refractivity contribution in [3.05, 3.63) is 58.6 Å². The fourth-order valence-electron chi connectivity index (χ4n) is 2.23. The Balaban J connectivity index is 0.00000312. The summed E-state index contributed by atoms with van der Waals surface area (Å²) in [7, 11) is 0. The zero-order chi connectivity index (χ0) is 17.4. The average molecular weight is 384 g/mol. The summed E-state index contributed by atoms with van der Waals surface area (Å²) in [6.07, 6.45) is 1.11. The van der Waals surface area contributed by atoms with Crippen LogP contribution in [0.5, 0.6) is 11.5 Å². The van der Waals surface area contributed by atoms with Crippen LogP contribution in [0.25, 0.3) is 0 Å². The smallest absolute Gasteiger partial charge is 0.161 e. The molecule has 0 saturated carbocycles. The minimum atomic E-state index is 0. The highest BCUT2D eigenvalue weighted by atomic mass is 35.5. The minimum Gasteiger partial charge on any atom is -0.490 e. The maximum atomic E-state index is 5.93. The summed E-state index contributed by atoms with van der Waals surface area (Å²) >= 11 is 5.91. The van der Waals surface area contributed by atoms with Crippen LogP contribution < -0.4 is 14.8 Å². The lowest BCUT2D eigenvalue weighted by molar-refractivity contribution is 0.269. The molecule has 25 heavy (non-hydrogen) atoms. The summed E-state index contributed by atoms with van der Waals surface area (Å²) in [5.41, 5.74) is 2.27. The molecule has 0 radical (unpaired) electrons. The molecule has 0 aliphatic heterocycles. The van der Waals surface area contributed by atoms with E-state index in [0.717, 1.165) is 35.1 Å². The quantitative estimate of drug-likeness (QED) is 0.608. The van der Waals surface area contributed by atoms with E-state index in [9.17, 15) is 0 Å². The average Bonchev–Trinajstić information content (AvgIpc) is 2.60. The number of benzene rings is 2. The van der Waals surface area contributed by atoms with Gasteiger partial charge in [-0.2, -0.15) is 0 Å². The van der Waals surface area contributed by atoms with Crippen LogP contribution in [0.15, 0.2) is 42.5 Å². The van der Waals surface area contributed by atoms with E-state index in [0.29, 0.717) is 19.3 Å². The molecule has 2 rings (SSSR count). The Labute approximate surface area is 162 Å². The highest BCUT2D eigenvalue weighted by Crippen LogP contribution is 2.29. The standard InChI is InChI=1S/C20H26ClNO2.ClH/c1-4-15(3)22-13-17-8-11-19(20(12-17)23-5-2)24-14-16-6-9-18(21)10-7-16;/h6-12,15,22H,4-5,13-14H2,1-3H3;1H. The maximum Gasteiger partial charge on any atom is 0.161 e. The van der Waals surface area contributed by atoms with Crippen LogP contribution in [0.4, 0.5) is 0 Å². The number of nitrogens with one attached hydrogen (secondary N) is 1. The van der Waals surface area contributed by atoms with Gasteiger partial charge in [0.25, 0.3) is 0 Å². The molecule has 0 spiro atoms. The molecule has 2 aromatic rings. The number of rotatable bonds is 9. The van der Waals surface area contributed by atoms with E-state index in [4.69, 9.17) is 21.1 Å². The van der Waals surface area contributed by atoms with Crippen molar-refractivity contribution in [2.24, 2.45) is 0 Å². The van der Waals surface area contributed by atoms with Crippen LogP contribution in [0.3, 0.4) is 0 Å². The summed E-state index contributed by atoms with van der Waals surface area (Å²) < 4.78 is 11.7. The molecule has 0 saturated heterocycles. The van der Waals surface area contributed by atoms with Gasteiger partial charge in [-0.3, -0.25) is 0 Å². The second kappa shape index (κ2) is 11.2. The van der Waals surface area contributed by atoms with Crippen LogP contribution in [0, 0.1) is 0 Å². The van der Waals surface area contributed by atoms with E-state index in [1.165, 1.54) is 5.56 Å². The first kappa shape index (κ1) is 21.6. The normalized spacial score (nSPS) is 11.5. The number of hydrogen-bond donors (Lipinski definition) is 1. The van der Waals surface area contributed by atoms with Gasteiger partial charge in [-0.1, -0.05) is 36.7 Å². The first-order valence-electron chi connectivity index (χ1n) is 8.48. The van der Waals surface area contributed by atoms with Crippen LogP contribution in [0.1, 0.15) is 38.3 Å². The SMILES string of the molecule is CCOc1cc(CNC(C)CC)ccc1OCc1ccc(Cl)cc1.Cl. The summed E-state index contributed by atoms with van der Waals surface area (Å²) in [5, 5.41) is 4.22. The Morgan fingerprint density at radius 2 is 1.64 bits per heavy atom. The molecule has 138 valence electrons. The Hall–Kier alpha value is -1.42. The highest BCUT2D eigenvalue weighted by Gasteiger charge is 2.08. The molecular weight excluding hydrogens is 357 g/mol. The third-order valence-electron chi connectivity index (χ3n) is 3.88. The molecular formula is C20H27Cl2NO2. The van der Waals surface area contributed by atoms with Crippen molar-refractivity contribution in [2.75, 3.05) is 6.61 Å². The lowest BCUT2D eigenvalue weighted by atomic mass is 10.1. The predicted molar refractivity (Wildman–Crippen MR) is 107 cm³/mol. The van der Waals surface area contributed by atoms with Gasteiger partial charge in [-0.05, 0) is 55.7 Å². The van der Waals surface area contributed by atoms with Gasteiger partial charge in [0.1, 0.15) is 6.61 Å². The van der Waals surface area contributed by atoms with Crippen molar-refractivity contribution in [1.82, 2.24) is 5.32 Å². The van der Waals surface area contributed by atoms with Crippen LogP contribution >= 0.6 is 24.0 Å². The molecule has 3 nitrogen and oxygen atoms in total. The number of halogens is 2. The van der Waals surface area contributed by atoms with Gasteiger partial charge < -0.3 is 14.8 Å². The van der Waals surface area contributed by atoms with Crippen LogP contribution in [0.2, 0.25) is 5.02 Å². The van der Waals surface area contributed by atoms with E-state index >= 15 is 0 Å². The van der Waals surface area contributed by atoms with E-state index in [-0.39, 0.29) is 12.4 Å². The van der Waals surface area contributed by atoms with Gasteiger partial charge in [0, 0.05) is 17.6 Å². The second-order valence-corrected chi connectivity index (χ2v) is 6.26. The lowest BCUT2D eigenvalue weighted by Crippen LogP contribution is -2.24. The number of hydrogen-bond acceptors (Lipinski definition) is 3. The van der Waals surface area contributed by atoms with Crippen LogP contribution in [-0.4, -0.2) is 12.6 Å². The van der Waals surface area contributed by atoms with Crippen molar-refractivity contribution in [3.8, 4) is 11.5 Å². The third-order valence-corrected chi connectivity index (χ3v) is 4.13. The molecule has 0 amide bonds. The molecule has 1 atom stereocenters. The molecule has 0 bridgehead atoms. The molecule has 5 heteroatoms. The molecule has 1 unspecified atom stereocenters. The fourth-order valence-corrected chi connectivity index (χ4v) is 2.35. The van der Waals surface area contributed by atoms with Crippen molar-refractivity contribution in [2.45, 2.75) is 46.4 Å². The highest BCUT2D eigenvalue weighted by molar-refractivity contribution is 6.30. The van der Waals surface area contributed by atoms with Crippen molar-refractivity contribution in [1.29, 1.82) is 0 Å². The van der Waals surface area contributed by atoms with Crippen molar-refractivity contribution < 1.29 is 9.47 Å². The van der Waals surface area contributed by atoms with Crippen molar-refractivity contribution >= 4 is 24.0 Å². The van der Waals surface area contributed by atoms with Crippen LogP contribution in [-0.2, 0) is 13.2 Å². The zero-order valence-corrected chi connectivity index (χ0v) is 16.6. The first-order chi connectivity index (χ1) is 11.6. The second-order valence-electron chi connectivity index (χ2n) is 5.82. The Morgan fingerprint density at radius 3 is 2.28 bits per heavy atom. The zero-order valence-electron chi connectivity index (χ0n) is 15.0. The largest absolute Gasteiger partial charge is 0.490 e. The maximum absolute atomic E-state index is 5.93. The molecule has 0 aliphatic carbocycles. The van der Waals surface area contributed by atoms with E-state index in [1.54, 1.807) is 0 Å². The Bertz CT molecular complexity index is 632. The summed E-state index contributed by atoms with van der Waals surface area (Å²) in [6.45, 7) is 8.27. The van der Waals surface area contributed by atoms with E-state index < -0.39 is 0 Å². The van der Waals surface area contributed by atoms with Gasteiger partial charge >= 0.3 is 0 Å². The first-order valence-corrected chi connectivity index (χ1v) is 8.86.